The third-order valence-corrected chi connectivity index (χ3v) is 5.82. The van der Waals surface area contributed by atoms with Crippen LogP contribution in [0.2, 0.25) is 0 Å². The van der Waals surface area contributed by atoms with E-state index in [1.807, 2.05) is 19.9 Å². The van der Waals surface area contributed by atoms with Crippen molar-refractivity contribution in [3.8, 4) is 0 Å². The van der Waals surface area contributed by atoms with E-state index in [9.17, 15) is 14.1 Å². The van der Waals surface area contributed by atoms with Crippen LogP contribution in [0.15, 0.2) is 44.4 Å². The molecule has 1 heterocycles. The summed E-state index contributed by atoms with van der Waals surface area (Å²) in [6.45, 7) is 4.01. The zero-order chi connectivity index (χ0) is 18.8. The highest BCUT2D eigenvalue weighted by Gasteiger charge is 2.18. The number of hydrogen-bond acceptors (Lipinski definition) is 4. The molecule has 0 bridgehead atoms. The Morgan fingerprint density at radius 2 is 1.92 bits per heavy atom. The molecule has 0 aliphatic rings. The van der Waals surface area contributed by atoms with Gasteiger partial charge in [-0.15, -0.1) is 0 Å². The van der Waals surface area contributed by atoms with Gasteiger partial charge in [0.15, 0.2) is 4.90 Å². The summed E-state index contributed by atoms with van der Waals surface area (Å²) in [5, 5.41) is 0.694. The summed E-state index contributed by atoms with van der Waals surface area (Å²) in [5.41, 5.74) is 7.14. The van der Waals surface area contributed by atoms with E-state index in [1.54, 1.807) is 18.2 Å². The maximum atomic E-state index is 13.0. The summed E-state index contributed by atoms with van der Waals surface area (Å²) >= 11 is -1.16. The van der Waals surface area contributed by atoms with Crippen molar-refractivity contribution in [2.45, 2.75) is 38.0 Å². The van der Waals surface area contributed by atoms with E-state index in [-0.39, 0.29) is 11.0 Å². The Bertz CT molecular complexity index is 1040. The highest BCUT2D eigenvalue weighted by molar-refractivity contribution is 7.91. The summed E-state index contributed by atoms with van der Waals surface area (Å²) in [6.07, 6.45) is 2.39. The number of primary amides is 1. The van der Waals surface area contributed by atoms with E-state index >= 15 is 0 Å². The third kappa shape index (κ3) is 3.34. The van der Waals surface area contributed by atoms with Gasteiger partial charge in [-0.1, -0.05) is 20.3 Å². The second-order valence-corrected chi connectivity index (χ2v) is 7.84. The van der Waals surface area contributed by atoms with Crippen LogP contribution < -0.4 is 11.2 Å². The van der Waals surface area contributed by atoms with Gasteiger partial charge in [0, 0.05) is 23.3 Å². The van der Waals surface area contributed by atoms with Gasteiger partial charge in [0.05, 0.1) is 10.8 Å². The number of aryl methyl sites for hydroxylation is 1. The van der Waals surface area contributed by atoms with Crippen LogP contribution in [-0.4, -0.2) is 16.2 Å². The molecule has 26 heavy (non-hydrogen) atoms. The Morgan fingerprint density at radius 3 is 2.58 bits per heavy atom. The molecule has 3 rings (SSSR count). The summed E-state index contributed by atoms with van der Waals surface area (Å²) in [6, 6.07) is 8.13. The van der Waals surface area contributed by atoms with Crippen molar-refractivity contribution in [3.63, 3.8) is 0 Å². The smallest absolute Gasteiger partial charge is 0.248 e. The molecule has 5 nitrogen and oxygen atoms in total. The predicted molar refractivity (Wildman–Crippen MR) is 104 cm³/mol. The zero-order valence-electron chi connectivity index (χ0n) is 14.8. The Hall–Kier alpha value is -2.31. The predicted octanol–water partition coefficient (Wildman–Crippen LogP) is 3.52. The van der Waals surface area contributed by atoms with E-state index in [4.69, 9.17) is 10.2 Å². The second kappa shape index (κ2) is 7.51. The summed E-state index contributed by atoms with van der Waals surface area (Å²) in [5.74, 6) is -0.0576. The number of benzene rings is 2. The van der Waals surface area contributed by atoms with Crippen molar-refractivity contribution in [1.29, 1.82) is 0 Å². The van der Waals surface area contributed by atoms with Gasteiger partial charge >= 0.3 is 0 Å². The van der Waals surface area contributed by atoms with Crippen LogP contribution in [0.4, 0.5) is 0 Å². The minimum atomic E-state index is -1.16. The van der Waals surface area contributed by atoms with Gasteiger partial charge in [0.1, 0.15) is 16.9 Å². The number of carbonyl (C=O) groups excluding carboxylic acids is 1. The monoisotopic (exact) mass is 371 g/mol. The van der Waals surface area contributed by atoms with Crippen LogP contribution in [0.25, 0.3) is 21.9 Å². The first-order chi connectivity index (χ1) is 12.5. The van der Waals surface area contributed by atoms with Crippen LogP contribution in [-0.2, 0) is 17.6 Å². The van der Waals surface area contributed by atoms with Crippen LogP contribution in [0.3, 0.4) is 0 Å². The lowest BCUT2D eigenvalue weighted by Gasteiger charge is -2.13. The van der Waals surface area contributed by atoms with Crippen molar-refractivity contribution in [1.82, 2.24) is 0 Å². The third-order valence-electron chi connectivity index (χ3n) is 4.28. The standard InChI is InChI=1S/C20H21NO4S/c1-3-5-12-9-14(26(24)8-4-2)11-16-18(22)15-10-13(20(21)23)6-7-17(15)25-19(12)16/h6-7,9-11H,3-5,8H2,1-2H3,(H2,21,23). The molecule has 0 spiro atoms. The molecule has 0 aliphatic carbocycles. The average Bonchev–Trinajstić information content (AvgIpc) is 2.62. The first-order valence-electron chi connectivity index (χ1n) is 8.68. The molecular weight excluding hydrogens is 350 g/mol. The molecular formula is C20H21NO4S. The minimum Gasteiger partial charge on any atom is -0.611 e. The summed E-state index contributed by atoms with van der Waals surface area (Å²) in [7, 11) is 0. The van der Waals surface area contributed by atoms with Gasteiger partial charge in [-0.3, -0.25) is 9.59 Å². The maximum Gasteiger partial charge on any atom is 0.248 e. The van der Waals surface area contributed by atoms with Crippen LogP contribution in [0.5, 0.6) is 0 Å². The Kier molecular flexibility index (Phi) is 5.34. The Labute approximate surface area is 154 Å². The lowest BCUT2D eigenvalue weighted by Crippen LogP contribution is -2.13. The normalized spacial score (nSPS) is 12.6. The molecule has 3 aromatic rings. The van der Waals surface area contributed by atoms with Gasteiger partial charge < -0.3 is 14.7 Å². The first-order valence-corrected chi connectivity index (χ1v) is 9.99. The molecule has 1 atom stereocenters. The number of amides is 1. The van der Waals surface area contributed by atoms with E-state index in [0.29, 0.717) is 32.6 Å². The van der Waals surface area contributed by atoms with Gasteiger partial charge in [0.25, 0.3) is 0 Å². The summed E-state index contributed by atoms with van der Waals surface area (Å²) < 4.78 is 18.5. The van der Waals surface area contributed by atoms with Crippen LogP contribution in [0.1, 0.15) is 42.6 Å². The summed E-state index contributed by atoms with van der Waals surface area (Å²) in [4.78, 5) is 25.1. The van der Waals surface area contributed by atoms with Gasteiger partial charge in [-0.05, 0) is 42.2 Å². The first kappa shape index (κ1) is 18.5. The van der Waals surface area contributed by atoms with E-state index in [0.717, 1.165) is 24.8 Å². The van der Waals surface area contributed by atoms with E-state index < -0.39 is 17.1 Å². The number of hydrogen-bond donors (Lipinski definition) is 1. The molecule has 2 aromatic carbocycles. The largest absolute Gasteiger partial charge is 0.611 e. The topological polar surface area (TPSA) is 96.4 Å². The molecule has 2 N–H and O–H groups in total. The highest BCUT2D eigenvalue weighted by atomic mass is 32.2. The van der Waals surface area contributed by atoms with Gasteiger partial charge in [-0.25, -0.2) is 0 Å². The number of carbonyl (C=O) groups is 1. The van der Waals surface area contributed by atoms with Crippen molar-refractivity contribution < 1.29 is 13.8 Å². The maximum absolute atomic E-state index is 13.0. The Balaban J connectivity index is 2.34. The van der Waals surface area contributed by atoms with Crippen molar-refractivity contribution >= 4 is 39.0 Å². The molecule has 1 aromatic heterocycles. The molecule has 0 fully saturated rings. The van der Waals surface area contributed by atoms with E-state index in [1.165, 1.54) is 6.07 Å². The van der Waals surface area contributed by atoms with Crippen molar-refractivity contribution in [3.05, 3.63) is 51.7 Å². The van der Waals surface area contributed by atoms with Gasteiger partial charge in [0.2, 0.25) is 11.3 Å². The second-order valence-electron chi connectivity index (χ2n) is 6.27. The molecule has 6 heteroatoms. The Morgan fingerprint density at radius 1 is 1.15 bits per heavy atom. The highest BCUT2D eigenvalue weighted by Crippen LogP contribution is 2.27. The fraction of sp³-hybridized carbons (Fsp3) is 0.300. The fourth-order valence-electron chi connectivity index (χ4n) is 3.04. The van der Waals surface area contributed by atoms with Gasteiger partial charge in [-0.2, -0.15) is 0 Å². The zero-order valence-corrected chi connectivity index (χ0v) is 15.7. The molecule has 0 radical (unpaired) electrons. The SMILES string of the molecule is CCCc1cc([S+]([O-])CCC)cc2c(=O)c3cc(C(N)=O)ccc3oc12. The average molecular weight is 371 g/mol. The quantitative estimate of drug-likeness (QED) is 0.530. The van der Waals surface area contributed by atoms with Crippen molar-refractivity contribution in [2.24, 2.45) is 5.73 Å². The molecule has 0 saturated heterocycles. The molecule has 0 aliphatic heterocycles. The number of rotatable bonds is 6. The number of nitrogens with two attached hydrogens (primary N) is 1. The lowest BCUT2D eigenvalue weighted by molar-refractivity contribution is 0.100. The van der Waals surface area contributed by atoms with E-state index in [2.05, 4.69) is 0 Å². The lowest BCUT2D eigenvalue weighted by atomic mass is 10.0. The van der Waals surface area contributed by atoms with Crippen LogP contribution >= 0.6 is 0 Å². The number of fused-ring (bicyclic) bond motifs is 2. The fourth-order valence-corrected chi connectivity index (χ4v) is 4.17. The van der Waals surface area contributed by atoms with Crippen molar-refractivity contribution in [2.75, 3.05) is 5.75 Å². The molecule has 1 amide bonds. The molecule has 0 saturated carbocycles. The van der Waals surface area contributed by atoms with Crippen LogP contribution in [0, 0.1) is 0 Å². The minimum absolute atomic E-state index is 0.239. The molecule has 1 unspecified atom stereocenters. The molecule has 136 valence electrons.